The smallest absolute Gasteiger partial charge is 0.349 e. The van der Waals surface area contributed by atoms with Crippen LogP contribution in [-0.4, -0.2) is 12.6 Å². The molecule has 0 bridgehead atoms. The molecule has 1 N–H and O–H groups in total. The third kappa shape index (κ3) is 2.11. The number of nitrogens with zero attached hydrogens (tertiary/aromatic N) is 1. The summed E-state index contributed by atoms with van der Waals surface area (Å²) in [5.41, 5.74) is 2.31. The van der Waals surface area contributed by atoms with E-state index in [4.69, 9.17) is 10.00 Å². The van der Waals surface area contributed by atoms with Crippen molar-refractivity contribution in [2.45, 2.75) is 6.92 Å². The highest BCUT2D eigenvalue weighted by Crippen LogP contribution is 2.30. The number of benzene rings is 1. The molecule has 1 aliphatic heterocycles. The molecule has 0 saturated heterocycles. The molecule has 1 aromatic rings. The van der Waals surface area contributed by atoms with E-state index < -0.39 is 5.97 Å². The number of esters is 1. The monoisotopic (exact) mass is 240 g/mol. The van der Waals surface area contributed by atoms with Gasteiger partial charge in [0.15, 0.2) is 0 Å². The van der Waals surface area contributed by atoms with E-state index in [0.29, 0.717) is 5.57 Å². The van der Waals surface area contributed by atoms with E-state index in [-0.39, 0.29) is 12.2 Å². The number of para-hydroxylation sites is 1. The molecule has 4 nitrogen and oxygen atoms in total. The van der Waals surface area contributed by atoms with Crippen molar-refractivity contribution in [2.24, 2.45) is 0 Å². The standard InChI is InChI=1S/C14H12N2O2/c1-2-18-14(17)12(9-15)10-7-8-16-13-6-4-3-5-11(10)13/h3-8,16H,2H2,1H3/b12-10+. The molecule has 0 saturated carbocycles. The topological polar surface area (TPSA) is 62.1 Å². The Bertz CT molecular complexity index is 580. The molecule has 0 aromatic heterocycles. The summed E-state index contributed by atoms with van der Waals surface area (Å²) in [6.45, 7) is 1.96. The summed E-state index contributed by atoms with van der Waals surface area (Å²) in [6, 6.07) is 9.42. The van der Waals surface area contributed by atoms with E-state index in [1.807, 2.05) is 30.3 Å². The fraction of sp³-hybridized carbons (Fsp3) is 0.143. The largest absolute Gasteiger partial charge is 0.462 e. The van der Waals surface area contributed by atoms with Crippen LogP contribution in [0.3, 0.4) is 0 Å². The Kier molecular flexibility index (Phi) is 3.44. The van der Waals surface area contributed by atoms with E-state index >= 15 is 0 Å². The van der Waals surface area contributed by atoms with Gasteiger partial charge < -0.3 is 10.1 Å². The third-order valence-corrected chi connectivity index (χ3v) is 2.57. The normalized spacial score (nSPS) is 15.1. The summed E-state index contributed by atoms with van der Waals surface area (Å²) in [5.74, 6) is -0.587. The van der Waals surface area contributed by atoms with Crippen molar-refractivity contribution in [1.82, 2.24) is 0 Å². The van der Waals surface area contributed by atoms with E-state index in [1.54, 1.807) is 19.2 Å². The van der Waals surface area contributed by atoms with Crippen LogP contribution in [-0.2, 0) is 9.53 Å². The third-order valence-electron chi connectivity index (χ3n) is 2.57. The van der Waals surface area contributed by atoms with Gasteiger partial charge in [0.1, 0.15) is 11.6 Å². The lowest BCUT2D eigenvalue weighted by atomic mass is 9.96. The highest BCUT2D eigenvalue weighted by molar-refractivity contribution is 6.05. The molecule has 1 heterocycles. The van der Waals surface area contributed by atoms with Crippen LogP contribution in [0.1, 0.15) is 12.5 Å². The predicted octanol–water partition coefficient (Wildman–Crippen LogP) is 2.47. The Morgan fingerprint density at radius 3 is 2.94 bits per heavy atom. The molecule has 1 aliphatic rings. The van der Waals surface area contributed by atoms with Crippen molar-refractivity contribution in [3.8, 4) is 6.07 Å². The van der Waals surface area contributed by atoms with Crippen LogP contribution < -0.4 is 5.32 Å². The minimum atomic E-state index is -0.587. The lowest BCUT2D eigenvalue weighted by Crippen LogP contribution is -2.10. The Morgan fingerprint density at radius 1 is 1.44 bits per heavy atom. The number of hydrogen-bond acceptors (Lipinski definition) is 4. The first-order valence-electron chi connectivity index (χ1n) is 5.62. The number of allylic oxidation sites excluding steroid dienone is 2. The minimum absolute atomic E-state index is 0.0297. The zero-order chi connectivity index (χ0) is 13.0. The van der Waals surface area contributed by atoms with Crippen LogP contribution in [0.15, 0.2) is 42.1 Å². The molecule has 1 aromatic carbocycles. The summed E-state index contributed by atoms with van der Waals surface area (Å²) in [7, 11) is 0. The number of anilines is 1. The van der Waals surface area contributed by atoms with Gasteiger partial charge in [-0.05, 0) is 19.1 Å². The maximum atomic E-state index is 11.7. The number of rotatable bonds is 2. The highest BCUT2D eigenvalue weighted by Gasteiger charge is 2.19. The second-order valence-electron chi connectivity index (χ2n) is 3.64. The highest BCUT2D eigenvalue weighted by atomic mass is 16.5. The average Bonchev–Trinajstić information content (AvgIpc) is 2.40. The van der Waals surface area contributed by atoms with Crippen LogP contribution >= 0.6 is 0 Å². The number of nitriles is 1. The van der Waals surface area contributed by atoms with Crippen LogP contribution in [0.5, 0.6) is 0 Å². The summed E-state index contributed by atoms with van der Waals surface area (Å²) in [6.07, 6.45) is 3.41. The van der Waals surface area contributed by atoms with Gasteiger partial charge in [-0.2, -0.15) is 5.26 Å². The number of ether oxygens (including phenoxy) is 1. The molecule has 4 heteroatoms. The lowest BCUT2D eigenvalue weighted by Gasteiger charge is -2.16. The van der Waals surface area contributed by atoms with Gasteiger partial charge in [-0.3, -0.25) is 0 Å². The molecule has 0 fully saturated rings. The molecule has 0 radical (unpaired) electrons. The van der Waals surface area contributed by atoms with Crippen molar-refractivity contribution >= 4 is 17.2 Å². The zero-order valence-electron chi connectivity index (χ0n) is 9.93. The van der Waals surface area contributed by atoms with Gasteiger partial charge in [0.05, 0.1) is 6.61 Å². The second kappa shape index (κ2) is 5.19. The Balaban J connectivity index is 2.54. The summed E-state index contributed by atoms with van der Waals surface area (Å²) < 4.78 is 4.89. The molecule has 0 spiro atoms. The van der Waals surface area contributed by atoms with Crippen molar-refractivity contribution in [3.63, 3.8) is 0 Å². The first-order chi connectivity index (χ1) is 8.77. The van der Waals surface area contributed by atoms with E-state index in [2.05, 4.69) is 5.32 Å². The molecule has 0 aliphatic carbocycles. The molecule has 2 rings (SSSR count). The number of carbonyl (C=O) groups is 1. The Morgan fingerprint density at radius 2 is 2.22 bits per heavy atom. The molecule has 0 atom stereocenters. The molecule has 18 heavy (non-hydrogen) atoms. The van der Waals surface area contributed by atoms with E-state index in [1.165, 1.54) is 0 Å². The average molecular weight is 240 g/mol. The van der Waals surface area contributed by atoms with Gasteiger partial charge >= 0.3 is 5.97 Å². The second-order valence-corrected chi connectivity index (χ2v) is 3.64. The Labute approximate surface area is 105 Å². The first kappa shape index (κ1) is 11.9. The number of fused-ring (bicyclic) bond motifs is 1. The number of carbonyl (C=O) groups excluding carboxylic acids is 1. The minimum Gasteiger partial charge on any atom is -0.462 e. The van der Waals surface area contributed by atoms with Gasteiger partial charge in [-0.25, -0.2) is 4.79 Å². The van der Waals surface area contributed by atoms with Crippen molar-refractivity contribution in [2.75, 3.05) is 11.9 Å². The molecule has 0 amide bonds. The first-order valence-corrected chi connectivity index (χ1v) is 5.62. The summed E-state index contributed by atoms with van der Waals surface area (Å²) in [5, 5.41) is 12.2. The van der Waals surface area contributed by atoms with E-state index in [9.17, 15) is 4.79 Å². The van der Waals surface area contributed by atoms with E-state index in [0.717, 1.165) is 11.3 Å². The van der Waals surface area contributed by atoms with Gasteiger partial charge in [0, 0.05) is 23.0 Å². The lowest BCUT2D eigenvalue weighted by molar-refractivity contribution is -0.137. The van der Waals surface area contributed by atoms with Crippen LogP contribution in [0, 0.1) is 11.3 Å². The summed E-state index contributed by atoms with van der Waals surface area (Å²) >= 11 is 0. The fourth-order valence-electron chi connectivity index (χ4n) is 1.79. The summed E-state index contributed by atoms with van der Waals surface area (Å²) in [4.78, 5) is 11.7. The number of nitrogens with one attached hydrogen (secondary N) is 1. The maximum Gasteiger partial charge on any atom is 0.349 e. The van der Waals surface area contributed by atoms with Crippen LogP contribution in [0.4, 0.5) is 5.69 Å². The molecule has 0 unspecified atom stereocenters. The van der Waals surface area contributed by atoms with Gasteiger partial charge in [0.25, 0.3) is 0 Å². The van der Waals surface area contributed by atoms with Crippen molar-refractivity contribution in [3.05, 3.63) is 47.7 Å². The predicted molar refractivity (Wildman–Crippen MR) is 68.4 cm³/mol. The maximum absolute atomic E-state index is 11.7. The number of hydrogen-bond donors (Lipinski definition) is 1. The Hall–Kier alpha value is -2.54. The fourth-order valence-corrected chi connectivity index (χ4v) is 1.79. The molecule has 90 valence electrons. The molecular weight excluding hydrogens is 228 g/mol. The zero-order valence-corrected chi connectivity index (χ0v) is 9.93. The molecular formula is C14H12N2O2. The quantitative estimate of drug-likeness (QED) is 0.490. The van der Waals surface area contributed by atoms with Gasteiger partial charge in [-0.1, -0.05) is 18.2 Å². The van der Waals surface area contributed by atoms with Gasteiger partial charge in [-0.15, -0.1) is 0 Å². The van der Waals surface area contributed by atoms with Crippen LogP contribution in [0.25, 0.3) is 5.57 Å². The van der Waals surface area contributed by atoms with Gasteiger partial charge in [0.2, 0.25) is 0 Å². The SMILES string of the molecule is CCOC(=O)/C(C#N)=C1\C=CNc2ccccc21. The van der Waals surface area contributed by atoms with Crippen molar-refractivity contribution in [1.29, 1.82) is 5.26 Å². The van der Waals surface area contributed by atoms with Crippen LogP contribution in [0.2, 0.25) is 0 Å². The van der Waals surface area contributed by atoms with Crippen molar-refractivity contribution < 1.29 is 9.53 Å².